The molecule has 0 aliphatic heterocycles. The second-order valence-electron chi connectivity index (χ2n) is 3.70. The zero-order valence-electron chi connectivity index (χ0n) is 10.3. The lowest BCUT2D eigenvalue weighted by Gasteiger charge is -2.15. The van der Waals surface area contributed by atoms with Crippen LogP contribution in [0.2, 0.25) is 0 Å². The van der Waals surface area contributed by atoms with Gasteiger partial charge in [-0.15, -0.1) is 0 Å². The van der Waals surface area contributed by atoms with E-state index in [0.717, 1.165) is 4.31 Å². The molecule has 0 saturated heterocycles. The number of likely N-dealkylation sites (N-methyl/N-ethyl adjacent to an activating group) is 1. The van der Waals surface area contributed by atoms with Crippen LogP contribution in [0.1, 0.15) is 0 Å². The van der Waals surface area contributed by atoms with Gasteiger partial charge in [0.1, 0.15) is 5.75 Å². The molecule has 1 aromatic rings. The van der Waals surface area contributed by atoms with Gasteiger partial charge in [0, 0.05) is 13.6 Å². The van der Waals surface area contributed by atoms with Crippen LogP contribution in [-0.2, 0) is 14.8 Å². The molecule has 0 aromatic heterocycles. The van der Waals surface area contributed by atoms with Crippen molar-refractivity contribution >= 4 is 16.0 Å². The molecule has 0 aliphatic carbocycles. The number of aliphatic hydroxyl groups is 1. The van der Waals surface area contributed by atoms with Crippen molar-refractivity contribution < 1.29 is 28.2 Å². The quantitative estimate of drug-likeness (QED) is 0.718. The van der Waals surface area contributed by atoms with E-state index in [1.807, 2.05) is 0 Å². The van der Waals surface area contributed by atoms with E-state index in [1.54, 1.807) is 0 Å². The summed E-state index contributed by atoms with van der Waals surface area (Å²) in [7, 11) is -2.29. The van der Waals surface area contributed by atoms with Crippen molar-refractivity contribution in [3.05, 3.63) is 24.3 Å². The minimum Gasteiger partial charge on any atom is -0.482 e. The molecule has 0 unspecified atom stereocenters. The average Bonchev–Trinajstić information content (AvgIpc) is 2.37. The molecule has 0 heterocycles. The molecule has 7 nitrogen and oxygen atoms in total. The summed E-state index contributed by atoms with van der Waals surface area (Å²) in [6, 6.07) is 5.39. The Morgan fingerprint density at radius 1 is 1.32 bits per heavy atom. The molecule has 19 heavy (non-hydrogen) atoms. The molecule has 1 rings (SSSR count). The van der Waals surface area contributed by atoms with Crippen molar-refractivity contribution in [1.29, 1.82) is 0 Å². The average molecular weight is 289 g/mol. The number of hydrogen-bond acceptors (Lipinski definition) is 5. The maximum atomic E-state index is 12.0. The Balaban J connectivity index is 2.83. The molecule has 0 atom stereocenters. The third-order valence-corrected chi connectivity index (χ3v) is 4.18. The van der Waals surface area contributed by atoms with Gasteiger partial charge in [-0.05, 0) is 24.3 Å². The van der Waals surface area contributed by atoms with Crippen LogP contribution in [-0.4, -0.2) is 55.7 Å². The highest BCUT2D eigenvalue weighted by atomic mass is 32.2. The van der Waals surface area contributed by atoms with Crippen LogP contribution in [0.25, 0.3) is 0 Å². The lowest BCUT2D eigenvalue weighted by molar-refractivity contribution is -0.139. The monoisotopic (exact) mass is 289 g/mol. The summed E-state index contributed by atoms with van der Waals surface area (Å²) < 4.78 is 29.9. The van der Waals surface area contributed by atoms with Gasteiger partial charge in [0.25, 0.3) is 0 Å². The van der Waals surface area contributed by atoms with Crippen LogP contribution in [0.15, 0.2) is 29.2 Å². The Morgan fingerprint density at radius 2 is 1.89 bits per heavy atom. The van der Waals surface area contributed by atoms with Gasteiger partial charge in [-0.2, -0.15) is 4.31 Å². The molecular formula is C11H15NO6S. The fraction of sp³-hybridized carbons (Fsp3) is 0.364. The summed E-state index contributed by atoms with van der Waals surface area (Å²) in [5.41, 5.74) is 0. The number of nitrogens with zero attached hydrogens (tertiary/aromatic N) is 1. The molecule has 0 fully saturated rings. The summed E-state index contributed by atoms with van der Waals surface area (Å²) in [5, 5.41) is 17.2. The molecule has 0 saturated carbocycles. The van der Waals surface area contributed by atoms with E-state index < -0.39 is 22.6 Å². The van der Waals surface area contributed by atoms with Crippen molar-refractivity contribution in [2.45, 2.75) is 4.90 Å². The number of benzene rings is 1. The van der Waals surface area contributed by atoms with E-state index in [4.69, 9.17) is 14.9 Å². The second kappa shape index (κ2) is 6.50. The Labute approximate surface area is 111 Å². The smallest absolute Gasteiger partial charge is 0.341 e. The van der Waals surface area contributed by atoms with Crippen molar-refractivity contribution in [2.24, 2.45) is 0 Å². The first-order valence-corrected chi connectivity index (χ1v) is 6.84. The Morgan fingerprint density at radius 3 is 2.37 bits per heavy atom. The molecule has 0 amide bonds. The summed E-state index contributed by atoms with van der Waals surface area (Å²) in [6.07, 6.45) is 0. The number of aliphatic carboxylic acids is 1. The number of carboxylic acid groups (broad SMARTS) is 1. The Hall–Kier alpha value is -1.64. The highest BCUT2D eigenvalue weighted by Crippen LogP contribution is 2.18. The first-order valence-electron chi connectivity index (χ1n) is 5.40. The molecular weight excluding hydrogens is 274 g/mol. The van der Waals surface area contributed by atoms with E-state index in [9.17, 15) is 13.2 Å². The molecule has 1 aromatic carbocycles. The number of sulfonamides is 1. The third kappa shape index (κ3) is 4.19. The third-order valence-electron chi connectivity index (χ3n) is 2.31. The zero-order chi connectivity index (χ0) is 14.5. The van der Waals surface area contributed by atoms with Crippen molar-refractivity contribution in [3.8, 4) is 5.75 Å². The SMILES string of the molecule is CN(CCO)S(=O)(=O)c1ccc(OCC(=O)O)cc1. The fourth-order valence-corrected chi connectivity index (χ4v) is 2.46. The van der Waals surface area contributed by atoms with Crippen LogP contribution < -0.4 is 4.74 Å². The van der Waals surface area contributed by atoms with Gasteiger partial charge in [-0.25, -0.2) is 13.2 Å². The Bertz CT molecular complexity index is 525. The lowest BCUT2D eigenvalue weighted by atomic mass is 10.3. The minimum absolute atomic E-state index is 0.000398. The van der Waals surface area contributed by atoms with Crippen LogP contribution in [0.5, 0.6) is 5.75 Å². The van der Waals surface area contributed by atoms with Crippen molar-refractivity contribution in [1.82, 2.24) is 4.31 Å². The molecule has 8 heteroatoms. The van der Waals surface area contributed by atoms with E-state index in [2.05, 4.69) is 0 Å². The highest BCUT2D eigenvalue weighted by Gasteiger charge is 2.19. The lowest BCUT2D eigenvalue weighted by Crippen LogP contribution is -2.29. The van der Waals surface area contributed by atoms with Gasteiger partial charge < -0.3 is 14.9 Å². The van der Waals surface area contributed by atoms with Crippen LogP contribution >= 0.6 is 0 Å². The fourth-order valence-electron chi connectivity index (χ4n) is 1.29. The molecule has 0 radical (unpaired) electrons. The van der Waals surface area contributed by atoms with Crippen LogP contribution in [0, 0.1) is 0 Å². The largest absolute Gasteiger partial charge is 0.482 e. The van der Waals surface area contributed by atoms with E-state index in [-0.39, 0.29) is 23.8 Å². The van der Waals surface area contributed by atoms with Crippen LogP contribution in [0.4, 0.5) is 0 Å². The van der Waals surface area contributed by atoms with E-state index in [1.165, 1.54) is 31.3 Å². The predicted molar refractivity (Wildman–Crippen MR) is 66.5 cm³/mol. The molecule has 106 valence electrons. The first kappa shape index (κ1) is 15.4. The summed E-state index contributed by atoms with van der Waals surface area (Å²) >= 11 is 0. The number of carboxylic acids is 1. The first-order chi connectivity index (χ1) is 8.87. The molecule has 0 aliphatic rings. The summed E-state index contributed by atoms with van der Waals surface area (Å²) in [4.78, 5) is 10.4. The van der Waals surface area contributed by atoms with Gasteiger partial charge in [0.05, 0.1) is 11.5 Å². The van der Waals surface area contributed by atoms with Crippen molar-refractivity contribution in [2.75, 3.05) is 26.8 Å². The molecule has 0 spiro atoms. The number of aliphatic hydroxyl groups excluding tert-OH is 1. The van der Waals surface area contributed by atoms with Gasteiger partial charge >= 0.3 is 5.97 Å². The zero-order valence-corrected chi connectivity index (χ0v) is 11.1. The second-order valence-corrected chi connectivity index (χ2v) is 5.75. The maximum Gasteiger partial charge on any atom is 0.341 e. The number of hydrogen-bond donors (Lipinski definition) is 2. The predicted octanol–water partition coefficient (Wildman–Crippen LogP) is -0.237. The van der Waals surface area contributed by atoms with E-state index >= 15 is 0 Å². The highest BCUT2D eigenvalue weighted by molar-refractivity contribution is 7.89. The Kier molecular flexibility index (Phi) is 5.28. The maximum absolute atomic E-state index is 12.0. The summed E-state index contributed by atoms with van der Waals surface area (Å²) in [6.45, 7) is -0.758. The summed E-state index contributed by atoms with van der Waals surface area (Å²) in [5.74, 6) is -0.842. The molecule has 2 N–H and O–H groups in total. The van der Waals surface area contributed by atoms with Gasteiger partial charge in [0.2, 0.25) is 10.0 Å². The van der Waals surface area contributed by atoms with E-state index in [0.29, 0.717) is 0 Å². The molecule has 0 bridgehead atoms. The number of carbonyl (C=O) groups is 1. The standard InChI is InChI=1S/C11H15NO6S/c1-12(6-7-13)19(16,17)10-4-2-9(3-5-10)18-8-11(14)15/h2-5,13H,6-8H2,1H3,(H,14,15). The van der Waals surface area contributed by atoms with Crippen molar-refractivity contribution in [3.63, 3.8) is 0 Å². The van der Waals surface area contributed by atoms with Crippen LogP contribution in [0.3, 0.4) is 0 Å². The normalized spacial score (nSPS) is 11.5. The van der Waals surface area contributed by atoms with Gasteiger partial charge in [-0.3, -0.25) is 0 Å². The van der Waals surface area contributed by atoms with Gasteiger partial charge in [0.15, 0.2) is 6.61 Å². The number of rotatable bonds is 7. The topological polar surface area (TPSA) is 104 Å². The van der Waals surface area contributed by atoms with Gasteiger partial charge in [-0.1, -0.05) is 0 Å². The number of ether oxygens (including phenoxy) is 1. The minimum atomic E-state index is -3.65.